The largest absolute Gasteiger partial charge is 0.488 e. The van der Waals surface area contributed by atoms with Crippen molar-refractivity contribution >= 4 is 17.8 Å². The maximum absolute atomic E-state index is 14.2. The van der Waals surface area contributed by atoms with Gasteiger partial charge in [0.25, 0.3) is 0 Å². The van der Waals surface area contributed by atoms with Gasteiger partial charge < -0.3 is 9.47 Å². The summed E-state index contributed by atoms with van der Waals surface area (Å²) in [7, 11) is 0. The zero-order valence-corrected chi connectivity index (χ0v) is 17.9. The molecule has 5 rings (SSSR count). The zero-order chi connectivity index (χ0) is 22.3. The summed E-state index contributed by atoms with van der Waals surface area (Å²) in [6, 6.07) is 19.5. The van der Waals surface area contributed by atoms with Gasteiger partial charge in [-0.1, -0.05) is 36.4 Å². The molecule has 2 heterocycles. The Hall–Kier alpha value is -3.73. The van der Waals surface area contributed by atoms with Gasteiger partial charge in [-0.15, -0.1) is 0 Å². The van der Waals surface area contributed by atoms with Crippen LogP contribution in [0.5, 0.6) is 5.75 Å². The molecule has 0 aromatic heterocycles. The molecule has 0 spiro atoms. The lowest BCUT2D eigenvalue weighted by Gasteiger charge is -2.20. The first kappa shape index (κ1) is 20.2. The van der Waals surface area contributed by atoms with Gasteiger partial charge in [0.1, 0.15) is 24.8 Å². The van der Waals surface area contributed by atoms with E-state index in [1.54, 1.807) is 18.2 Å². The maximum atomic E-state index is 14.2. The number of ketones is 1. The highest BCUT2D eigenvalue weighted by Crippen LogP contribution is 2.35. The number of hydrogen-bond acceptors (Lipinski definition) is 4. The summed E-state index contributed by atoms with van der Waals surface area (Å²) >= 11 is 0. The van der Waals surface area contributed by atoms with Crippen LogP contribution in [-0.4, -0.2) is 30.4 Å². The molecule has 0 aliphatic carbocycles. The molecule has 0 amide bonds. The Balaban J connectivity index is 1.52. The normalized spacial score (nSPS) is 18.0. The van der Waals surface area contributed by atoms with Gasteiger partial charge in [-0.05, 0) is 66.9 Å². The quantitative estimate of drug-likeness (QED) is 0.503. The lowest BCUT2D eigenvalue weighted by atomic mass is 9.93. The van der Waals surface area contributed by atoms with Crippen molar-refractivity contribution in [1.82, 2.24) is 0 Å². The van der Waals surface area contributed by atoms with Crippen LogP contribution < -0.4 is 4.74 Å². The molecule has 2 aliphatic rings. The molecule has 4 nitrogen and oxygen atoms in total. The molecule has 0 N–H and O–H groups in total. The minimum absolute atomic E-state index is 0.0635. The first-order valence-corrected chi connectivity index (χ1v) is 10.5. The smallest absolute Gasteiger partial charge is 0.217 e. The second-order valence-electron chi connectivity index (χ2n) is 8.62. The molecule has 0 saturated heterocycles. The molecule has 0 atom stereocenters. The summed E-state index contributed by atoms with van der Waals surface area (Å²) in [4.78, 5) is 17.7. The third-order valence-corrected chi connectivity index (χ3v) is 5.53. The number of Topliss-reactive ketones (excluding diaryl/α,β-unsaturated/α-hetero) is 1. The van der Waals surface area contributed by atoms with Crippen molar-refractivity contribution in [2.45, 2.75) is 19.4 Å². The minimum Gasteiger partial charge on any atom is -0.488 e. The van der Waals surface area contributed by atoms with Gasteiger partial charge in [-0.3, -0.25) is 4.79 Å². The van der Waals surface area contributed by atoms with E-state index >= 15 is 0 Å². The fourth-order valence-corrected chi connectivity index (χ4v) is 3.91. The highest BCUT2D eigenvalue weighted by molar-refractivity contribution is 6.14. The Bertz CT molecular complexity index is 1280. The summed E-state index contributed by atoms with van der Waals surface area (Å²) in [5.74, 6) is 0.561. The summed E-state index contributed by atoms with van der Waals surface area (Å²) in [5, 5.41) is 0. The van der Waals surface area contributed by atoms with Crippen LogP contribution in [0.4, 0.5) is 4.39 Å². The van der Waals surface area contributed by atoms with Crippen molar-refractivity contribution in [3.05, 3.63) is 94.8 Å². The molecule has 3 aromatic rings. The lowest BCUT2D eigenvalue weighted by Crippen LogP contribution is -2.19. The minimum atomic E-state index is -0.357. The van der Waals surface area contributed by atoms with E-state index in [1.165, 1.54) is 12.1 Å². The Morgan fingerprint density at radius 3 is 2.47 bits per heavy atom. The molecule has 160 valence electrons. The number of nitrogens with zero attached hydrogens (tertiary/aromatic N) is 1. The third kappa shape index (κ3) is 3.82. The van der Waals surface area contributed by atoms with Crippen LogP contribution in [0.3, 0.4) is 0 Å². The number of carbonyl (C=O) groups is 1. The number of ether oxygens (including phenoxy) is 2. The number of hydrogen-bond donors (Lipinski definition) is 0. The van der Waals surface area contributed by atoms with Gasteiger partial charge in [0.05, 0.1) is 11.1 Å². The van der Waals surface area contributed by atoms with Crippen LogP contribution in [0.25, 0.3) is 17.2 Å². The van der Waals surface area contributed by atoms with E-state index in [1.807, 2.05) is 56.3 Å². The molecule has 5 heteroatoms. The maximum Gasteiger partial charge on any atom is 0.217 e. The van der Waals surface area contributed by atoms with Crippen molar-refractivity contribution in [1.29, 1.82) is 0 Å². The molecule has 3 aromatic carbocycles. The highest BCUT2D eigenvalue weighted by atomic mass is 19.1. The Morgan fingerprint density at radius 2 is 1.72 bits per heavy atom. The summed E-state index contributed by atoms with van der Waals surface area (Å²) in [6.07, 6.45) is 1.85. The lowest BCUT2D eigenvalue weighted by molar-refractivity contribution is 0.100. The summed E-state index contributed by atoms with van der Waals surface area (Å²) < 4.78 is 25.9. The number of carbonyl (C=O) groups excluding carboxylic acids is 1. The van der Waals surface area contributed by atoms with Crippen LogP contribution >= 0.6 is 0 Å². The van der Waals surface area contributed by atoms with Gasteiger partial charge in [0.2, 0.25) is 5.90 Å². The highest BCUT2D eigenvalue weighted by Gasteiger charge is 2.29. The molecule has 0 unspecified atom stereocenters. The molecule has 32 heavy (non-hydrogen) atoms. The van der Waals surface area contributed by atoms with Gasteiger partial charge >= 0.3 is 0 Å². The Kier molecular flexibility index (Phi) is 4.89. The molecular weight excluding hydrogens is 405 g/mol. The number of rotatable bonds is 3. The molecule has 0 radical (unpaired) electrons. The van der Waals surface area contributed by atoms with Crippen molar-refractivity contribution in [2.24, 2.45) is 4.99 Å². The average molecular weight is 427 g/mol. The van der Waals surface area contributed by atoms with Crippen LogP contribution in [-0.2, 0) is 4.74 Å². The first-order valence-electron chi connectivity index (χ1n) is 10.5. The Morgan fingerprint density at radius 1 is 0.938 bits per heavy atom. The van der Waals surface area contributed by atoms with E-state index in [0.717, 1.165) is 11.1 Å². The monoisotopic (exact) mass is 427 g/mol. The molecule has 0 fully saturated rings. The van der Waals surface area contributed by atoms with Crippen molar-refractivity contribution in [2.75, 3.05) is 13.2 Å². The fraction of sp³-hybridized carbons (Fsp3) is 0.185. The van der Waals surface area contributed by atoms with Crippen molar-refractivity contribution < 1.29 is 18.7 Å². The molecular formula is C27H22FNO3. The summed E-state index contributed by atoms with van der Waals surface area (Å²) in [6.45, 7) is 4.63. The first-order chi connectivity index (χ1) is 15.4. The second-order valence-corrected chi connectivity index (χ2v) is 8.62. The van der Waals surface area contributed by atoms with E-state index in [-0.39, 0.29) is 23.7 Å². The number of halogens is 1. The van der Waals surface area contributed by atoms with Gasteiger partial charge in [0, 0.05) is 11.1 Å². The van der Waals surface area contributed by atoms with Crippen LogP contribution in [0.1, 0.15) is 35.3 Å². The van der Waals surface area contributed by atoms with Crippen LogP contribution in [0.2, 0.25) is 0 Å². The summed E-state index contributed by atoms with van der Waals surface area (Å²) in [5.41, 5.74) is 3.80. The predicted molar refractivity (Wildman–Crippen MR) is 123 cm³/mol. The average Bonchev–Trinajstić information content (AvgIpc) is 3.15. The van der Waals surface area contributed by atoms with Crippen LogP contribution in [0.15, 0.2) is 77.3 Å². The van der Waals surface area contributed by atoms with E-state index < -0.39 is 0 Å². The topological polar surface area (TPSA) is 47.9 Å². The predicted octanol–water partition coefficient (Wildman–Crippen LogP) is 5.71. The molecule has 0 saturated carbocycles. The van der Waals surface area contributed by atoms with Crippen molar-refractivity contribution in [3.63, 3.8) is 0 Å². The van der Waals surface area contributed by atoms with Gasteiger partial charge in [-0.25, -0.2) is 9.38 Å². The van der Waals surface area contributed by atoms with E-state index in [2.05, 4.69) is 4.99 Å². The van der Waals surface area contributed by atoms with E-state index in [4.69, 9.17) is 9.47 Å². The molecule has 0 bridgehead atoms. The zero-order valence-electron chi connectivity index (χ0n) is 17.9. The number of benzene rings is 3. The third-order valence-electron chi connectivity index (χ3n) is 5.53. The van der Waals surface area contributed by atoms with Gasteiger partial charge in [0.15, 0.2) is 5.78 Å². The second kappa shape index (κ2) is 7.75. The number of aliphatic imine (C=N–C) groups is 1. The van der Waals surface area contributed by atoms with E-state index in [0.29, 0.717) is 40.5 Å². The number of fused-ring (bicyclic) bond motifs is 1. The SMILES string of the molecule is CC1(C)COC(c2ccc(F)cc2-c2ccc3c(c2)OCC(=Cc2ccccc2)C3=O)=N1. The van der Waals surface area contributed by atoms with E-state index in [9.17, 15) is 9.18 Å². The Labute approximate surface area is 186 Å². The van der Waals surface area contributed by atoms with Crippen molar-refractivity contribution in [3.8, 4) is 16.9 Å². The fourth-order valence-electron chi connectivity index (χ4n) is 3.91. The standard InChI is InChI=1S/C27H22FNO3/c1-27(2)16-32-26(29-27)21-11-9-20(28)14-23(21)18-8-10-22-24(13-18)31-15-19(25(22)30)12-17-6-4-3-5-7-17/h3-14H,15-16H2,1-2H3. The molecule has 2 aliphatic heterocycles. The van der Waals surface area contributed by atoms with Crippen LogP contribution in [0, 0.1) is 5.82 Å². The van der Waals surface area contributed by atoms with Gasteiger partial charge in [-0.2, -0.15) is 0 Å².